The number of rotatable bonds is 1. The van der Waals surface area contributed by atoms with Crippen LogP contribution in [0.25, 0.3) is 0 Å². The molecule has 0 rings (SSSR count). The van der Waals surface area contributed by atoms with Gasteiger partial charge in [-0.2, -0.15) is 0 Å². The summed E-state index contributed by atoms with van der Waals surface area (Å²) >= 11 is 0. The van der Waals surface area contributed by atoms with Gasteiger partial charge in [0.1, 0.15) is 0 Å². The van der Waals surface area contributed by atoms with Crippen molar-refractivity contribution in [3.05, 3.63) is 0 Å². The van der Waals surface area contributed by atoms with Crippen molar-refractivity contribution in [1.29, 1.82) is 0 Å². The van der Waals surface area contributed by atoms with Crippen molar-refractivity contribution in [2.75, 3.05) is 0 Å². The Morgan fingerprint density at radius 1 is 1.00 bits per heavy atom. The molecule has 0 fully saturated rings. The first-order valence-electron chi connectivity index (χ1n) is 0.500. The van der Waals surface area contributed by atoms with Crippen LogP contribution in [0.5, 0.6) is 0 Å². The second kappa shape index (κ2) is 8.82. The van der Waals surface area contributed by atoms with Gasteiger partial charge in [0, 0.05) is 0 Å². The third kappa shape index (κ3) is 12.1. The van der Waals surface area contributed by atoms with Crippen LogP contribution in [0.2, 0.25) is 0 Å². The normalized spacial score (nSPS) is 6.00. The molecule has 0 aromatic carbocycles. The quantitative estimate of drug-likeness (QED) is 0.196. The summed E-state index contributed by atoms with van der Waals surface area (Å²) in [7, 11) is 0. The van der Waals surface area contributed by atoms with E-state index >= 15 is 0 Å². The summed E-state index contributed by atoms with van der Waals surface area (Å²) in [6.45, 7) is 0. The molecule has 0 aliphatic heterocycles. The molecule has 0 heterocycles. The van der Waals surface area contributed by atoms with Gasteiger partial charge < -0.3 is 20.6 Å². The van der Waals surface area contributed by atoms with E-state index in [2.05, 4.69) is 10.1 Å². The molecule has 0 spiro atoms. The third-order valence-electron chi connectivity index (χ3n) is 0.0278. The van der Waals surface area contributed by atoms with Crippen LogP contribution in [0.4, 0.5) is 0 Å². The van der Waals surface area contributed by atoms with Crippen LogP contribution in [0, 0.1) is 0 Å². The summed E-state index contributed by atoms with van der Waals surface area (Å²) in [5.74, 6) is 0. The first-order chi connectivity index (χ1) is 1.91. The molecule has 0 bridgehead atoms. The smallest absolute Gasteiger partial charge is 0.693 e. The third-order valence-corrected chi connectivity index (χ3v) is 0.0278. The molecular formula is MgO4. The second-order valence-electron chi connectivity index (χ2n) is 0.136. The van der Waals surface area contributed by atoms with Crippen molar-refractivity contribution in [2.45, 2.75) is 0 Å². The maximum absolute atomic E-state index is 8.26. The molecule has 0 aromatic heterocycles. The minimum atomic E-state index is 0. The van der Waals surface area contributed by atoms with E-state index < -0.39 is 0 Å². The molecule has 0 aliphatic carbocycles. The minimum Gasteiger partial charge on any atom is -0.693 e. The van der Waals surface area contributed by atoms with Gasteiger partial charge in [0.15, 0.2) is 0 Å². The SMILES string of the molecule is [Mg+2].[O-]OO[O-]. The summed E-state index contributed by atoms with van der Waals surface area (Å²) in [6, 6.07) is 0. The zero-order chi connectivity index (χ0) is 3.41. The first kappa shape index (κ1) is 9.15. The van der Waals surface area contributed by atoms with Gasteiger partial charge >= 0.3 is 23.1 Å². The second-order valence-corrected chi connectivity index (χ2v) is 0.136. The van der Waals surface area contributed by atoms with Gasteiger partial charge in [-0.3, -0.25) is 0 Å². The predicted molar refractivity (Wildman–Crippen MR) is 7.92 cm³/mol. The Hall–Kier alpha value is 0.606. The summed E-state index contributed by atoms with van der Waals surface area (Å²) in [6.07, 6.45) is 0. The Labute approximate surface area is 44.2 Å². The Kier molecular flexibility index (Phi) is 16.1. The monoisotopic (exact) mass is 88.0 g/mol. The molecule has 0 saturated heterocycles. The van der Waals surface area contributed by atoms with E-state index in [1.165, 1.54) is 0 Å². The molecule has 5 heavy (non-hydrogen) atoms. The fourth-order valence-corrected chi connectivity index (χ4v) is 0. The molecule has 0 amide bonds. The van der Waals surface area contributed by atoms with Crippen LogP contribution in [0.15, 0.2) is 0 Å². The van der Waals surface area contributed by atoms with Crippen molar-refractivity contribution in [3.63, 3.8) is 0 Å². The van der Waals surface area contributed by atoms with E-state index in [-0.39, 0.29) is 23.1 Å². The maximum atomic E-state index is 8.26. The van der Waals surface area contributed by atoms with Crippen LogP contribution in [0.3, 0.4) is 0 Å². The van der Waals surface area contributed by atoms with Gasteiger partial charge in [-0.25, -0.2) is 0 Å². The molecular weight excluding hydrogens is 88.3 g/mol. The Morgan fingerprint density at radius 2 is 1.20 bits per heavy atom. The summed E-state index contributed by atoms with van der Waals surface area (Å²) in [5, 5.41) is 21.0. The van der Waals surface area contributed by atoms with E-state index in [0.717, 1.165) is 0 Å². The van der Waals surface area contributed by atoms with Gasteiger partial charge in [-0.15, -0.1) is 0 Å². The Morgan fingerprint density at radius 3 is 1.20 bits per heavy atom. The molecule has 0 saturated carbocycles. The fourth-order valence-electron chi connectivity index (χ4n) is 0. The zero-order valence-electron chi connectivity index (χ0n) is 2.34. The average molecular weight is 88.3 g/mol. The summed E-state index contributed by atoms with van der Waals surface area (Å²) in [5.41, 5.74) is 0. The molecule has 0 radical (unpaired) electrons. The molecule has 0 N–H and O–H groups in total. The molecule has 5 heteroatoms. The average Bonchev–Trinajstić information content (AvgIpc) is 1.37. The van der Waals surface area contributed by atoms with E-state index in [1.54, 1.807) is 0 Å². The van der Waals surface area contributed by atoms with Crippen LogP contribution in [-0.2, 0) is 10.1 Å². The van der Waals surface area contributed by atoms with Crippen molar-refractivity contribution in [2.24, 2.45) is 0 Å². The van der Waals surface area contributed by atoms with Crippen LogP contribution < -0.4 is 10.5 Å². The summed E-state index contributed by atoms with van der Waals surface area (Å²) in [4.78, 5) is 0. The van der Waals surface area contributed by atoms with Crippen LogP contribution >= 0.6 is 0 Å². The molecule has 0 aromatic rings. The van der Waals surface area contributed by atoms with E-state index in [4.69, 9.17) is 10.5 Å². The molecule has 0 unspecified atom stereocenters. The molecule has 26 valence electrons. The van der Waals surface area contributed by atoms with Gasteiger partial charge in [-0.05, 0) is 0 Å². The van der Waals surface area contributed by atoms with Gasteiger partial charge in [0.05, 0.1) is 0 Å². The van der Waals surface area contributed by atoms with E-state index in [9.17, 15) is 0 Å². The van der Waals surface area contributed by atoms with Crippen LogP contribution in [-0.4, -0.2) is 23.1 Å². The van der Waals surface area contributed by atoms with E-state index in [1.807, 2.05) is 0 Å². The maximum Gasteiger partial charge on any atom is 2.00 e. The minimum absolute atomic E-state index is 0. The standard InChI is InChI=1S/Mg.H2O4/c;1-3-4-2/h;1-2H/q+2;/p-2. The first-order valence-corrected chi connectivity index (χ1v) is 0.500. The Balaban J connectivity index is 0. The summed E-state index contributed by atoms with van der Waals surface area (Å²) < 4.78 is 0. The van der Waals surface area contributed by atoms with Crippen LogP contribution in [0.1, 0.15) is 0 Å². The number of hydrogen-bond donors (Lipinski definition) is 0. The fraction of sp³-hybridized carbons (Fsp3) is 0. The van der Waals surface area contributed by atoms with Crippen molar-refractivity contribution < 1.29 is 20.6 Å². The zero-order valence-corrected chi connectivity index (χ0v) is 3.75. The predicted octanol–water partition coefficient (Wildman–Crippen LogP) is -2.90. The van der Waals surface area contributed by atoms with Crippen molar-refractivity contribution >= 4 is 23.1 Å². The molecule has 0 atom stereocenters. The van der Waals surface area contributed by atoms with Crippen molar-refractivity contribution in [3.8, 4) is 0 Å². The number of hydrogen-bond acceptors (Lipinski definition) is 4. The largest absolute Gasteiger partial charge is 2.00 e. The molecule has 0 aliphatic rings. The van der Waals surface area contributed by atoms with Gasteiger partial charge in [0.25, 0.3) is 0 Å². The van der Waals surface area contributed by atoms with Gasteiger partial charge in [0.2, 0.25) is 0 Å². The Bertz CT molecular complexity index is 5.61. The van der Waals surface area contributed by atoms with E-state index in [0.29, 0.717) is 0 Å². The topological polar surface area (TPSA) is 64.6 Å². The molecule has 4 nitrogen and oxygen atoms in total. The van der Waals surface area contributed by atoms with Crippen molar-refractivity contribution in [1.82, 2.24) is 0 Å². The van der Waals surface area contributed by atoms with Gasteiger partial charge in [-0.1, -0.05) is 0 Å².